The summed E-state index contributed by atoms with van der Waals surface area (Å²) in [6.07, 6.45) is 0. The van der Waals surface area contributed by atoms with Gasteiger partial charge in [-0.1, -0.05) is 15.9 Å². The zero-order chi connectivity index (χ0) is 14.9. The third-order valence-corrected chi connectivity index (χ3v) is 3.40. The van der Waals surface area contributed by atoms with E-state index in [1.807, 2.05) is 0 Å². The first-order valence-electron chi connectivity index (χ1n) is 5.71. The van der Waals surface area contributed by atoms with E-state index < -0.39 is 11.8 Å². The number of nitrogens with two attached hydrogens (primary N) is 1. The van der Waals surface area contributed by atoms with Crippen LogP contribution in [0.15, 0.2) is 40.9 Å². The third kappa shape index (κ3) is 2.75. The van der Waals surface area contributed by atoms with Gasteiger partial charge >= 0.3 is 5.97 Å². The maximum atomic E-state index is 13.9. The Bertz CT molecular complexity index is 676. The maximum Gasteiger partial charge on any atom is 0.335 e. The standard InChI is InChI=1S/C14H12BrFN2O2/c1-18(12-7-9(15)3-4-10(12)16)13-6-8(14(19)20)2-5-11(13)17/h2-7H,17H2,1H3,(H,19,20). The van der Waals surface area contributed by atoms with Gasteiger partial charge in [0.25, 0.3) is 0 Å². The van der Waals surface area contributed by atoms with Crippen molar-refractivity contribution in [3.05, 3.63) is 52.3 Å². The van der Waals surface area contributed by atoms with Crippen LogP contribution in [0, 0.1) is 5.82 Å². The Morgan fingerprint density at radius 2 is 1.95 bits per heavy atom. The molecule has 0 fully saturated rings. The SMILES string of the molecule is CN(c1cc(C(=O)O)ccc1N)c1cc(Br)ccc1F. The number of hydrogen-bond acceptors (Lipinski definition) is 3. The van der Waals surface area contributed by atoms with Crippen LogP contribution >= 0.6 is 15.9 Å². The van der Waals surface area contributed by atoms with E-state index in [4.69, 9.17) is 10.8 Å². The van der Waals surface area contributed by atoms with Crippen molar-refractivity contribution in [3.63, 3.8) is 0 Å². The summed E-state index contributed by atoms with van der Waals surface area (Å²) in [5, 5.41) is 9.01. The van der Waals surface area contributed by atoms with Crippen LogP contribution in [-0.2, 0) is 0 Å². The molecule has 0 unspecified atom stereocenters. The molecule has 0 spiro atoms. The molecule has 2 rings (SSSR count). The van der Waals surface area contributed by atoms with Crippen molar-refractivity contribution >= 4 is 39.0 Å². The number of hydrogen-bond donors (Lipinski definition) is 2. The zero-order valence-corrected chi connectivity index (χ0v) is 12.2. The number of carboxylic acids is 1. The minimum Gasteiger partial charge on any atom is -0.478 e. The first kappa shape index (κ1) is 14.3. The molecular formula is C14H12BrFN2O2. The number of nitrogen functional groups attached to an aromatic ring is 1. The van der Waals surface area contributed by atoms with Crippen molar-refractivity contribution in [2.24, 2.45) is 0 Å². The molecule has 0 aliphatic heterocycles. The minimum atomic E-state index is -1.06. The van der Waals surface area contributed by atoms with Gasteiger partial charge in [-0.15, -0.1) is 0 Å². The smallest absolute Gasteiger partial charge is 0.335 e. The summed E-state index contributed by atoms with van der Waals surface area (Å²) < 4.78 is 14.6. The second-order valence-electron chi connectivity index (χ2n) is 4.23. The van der Waals surface area contributed by atoms with E-state index in [9.17, 15) is 9.18 Å². The second-order valence-corrected chi connectivity index (χ2v) is 5.15. The molecule has 0 saturated heterocycles. The number of aromatic carboxylic acids is 1. The lowest BCUT2D eigenvalue weighted by Crippen LogP contribution is -2.14. The van der Waals surface area contributed by atoms with E-state index >= 15 is 0 Å². The summed E-state index contributed by atoms with van der Waals surface area (Å²) in [5.41, 5.74) is 7.05. The highest BCUT2D eigenvalue weighted by Gasteiger charge is 2.14. The number of rotatable bonds is 3. The van der Waals surface area contributed by atoms with Gasteiger partial charge < -0.3 is 15.7 Å². The fourth-order valence-electron chi connectivity index (χ4n) is 1.84. The molecule has 0 bridgehead atoms. The molecule has 6 heteroatoms. The Kier molecular flexibility index (Phi) is 3.94. The van der Waals surface area contributed by atoms with Crippen LogP contribution < -0.4 is 10.6 Å². The van der Waals surface area contributed by atoms with E-state index in [-0.39, 0.29) is 5.56 Å². The van der Waals surface area contributed by atoms with E-state index in [1.54, 1.807) is 19.2 Å². The van der Waals surface area contributed by atoms with E-state index in [0.29, 0.717) is 21.5 Å². The van der Waals surface area contributed by atoms with Gasteiger partial charge in [-0.2, -0.15) is 0 Å². The van der Waals surface area contributed by atoms with Crippen molar-refractivity contribution in [1.82, 2.24) is 0 Å². The highest BCUT2D eigenvalue weighted by molar-refractivity contribution is 9.10. The van der Waals surface area contributed by atoms with Crippen molar-refractivity contribution < 1.29 is 14.3 Å². The summed E-state index contributed by atoms with van der Waals surface area (Å²) in [4.78, 5) is 12.5. The highest BCUT2D eigenvalue weighted by atomic mass is 79.9. The number of halogens is 2. The molecule has 0 aromatic heterocycles. The second kappa shape index (κ2) is 5.50. The highest BCUT2D eigenvalue weighted by Crippen LogP contribution is 2.33. The summed E-state index contributed by atoms with van der Waals surface area (Å²) in [6, 6.07) is 8.83. The van der Waals surface area contributed by atoms with Crippen LogP contribution in [0.4, 0.5) is 21.5 Å². The molecule has 0 amide bonds. The van der Waals surface area contributed by atoms with Crippen molar-refractivity contribution in [2.75, 3.05) is 17.7 Å². The number of anilines is 3. The Balaban J connectivity index is 2.52. The van der Waals surface area contributed by atoms with Crippen LogP contribution in [-0.4, -0.2) is 18.1 Å². The molecule has 0 atom stereocenters. The van der Waals surface area contributed by atoms with Gasteiger partial charge in [0.1, 0.15) is 5.82 Å². The van der Waals surface area contributed by atoms with Crippen molar-refractivity contribution in [1.29, 1.82) is 0 Å². The normalized spacial score (nSPS) is 10.3. The molecule has 3 N–H and O–H groups in total. The van der Waals surface area contributed by atoms with Crippen molar-refractivity contribution in [2.45, 2.75) is 0 Å². The fraction of sp³-hybridized carbons (Fsp3) is 0.0714. The van der Waals surface area contributed by atoms with Gasteiger partial charge in [0.05, 0.1) is 22.6 Å². The lowest BCUT2D eigenvalue weighted by Gasteiger charge is -2.22. The summed E-state index contributed by atoms with van der Waals surface area (Å²) >= 11 is 3.27. The average Bonchev–Trinajstić information content (AvgIpc) is 2.41. The molecule has 0 aliphatic rings. The predicted octanol–water partition coefficient (Wildman–Crippen LogP) is 3.64. The van der Waals surface area contributed by atoms with Crippen LogP contribution in [0.25, 0.3) is 0 Å². The van der Waals surface area contributed by atoms with Gasteiger partial charge in [0.15, 0.2) is 0 Å². The molecule has 0 saturated carbocycles. The van der Waals surface area contributed by atoms with Crippen LogP contribution in [0.1, 0.15) is 10.4 Å². The lowest BCUT2D eigenvalue weighted by molar-refractivity contribution is 0.0697. The molecule has 0 radical (unpaired) electrons. The number of benzene rings is 2. The summed E-state index contributed by atoms with van der Waals surface area (Å²) in [5.74, 6) is -1.48. The van der Waals surface area contributed by atoms with Gasteiger partial charge in [0.2, 0.25) is 0 Å². The molecule has 0 heterocycles. The summed E-state index contributed by atoms with van der Waals surface area (Å²) in [7, 11) is 1.63. The molecule has 20 heavy (non-hydrogen) atoms. The molecule has 0 aliphatic carbocycles. The third-order valence-electron chi connectivity index (χ3n) is 2.91. The molecular weight excluding hydrogens is 327 g/mol. The molecule has 104 valence electrons. The monoisotopic (exact) mass is 338 g/mol. The van der Waals surface area contributed by atoms with Gasteiger partial charge in [-0.25, -0.2) is 9.18 Å². The van der Waals surface area contributed by atoms with E-state index in [0.717, 1.165) is 0 Å². The quantitative estimate of drug-likeness (QED) is 0.838. The molecule has 4 nitrogen and oxygen atoms in total. The fourth-order valence-corrected chi connectivity index (χ4v) is 2.19. The Hall–Kier alpha value is -2.08. The minimum absolute atomic E-state index is 0.0939. The van der Waals surface area contributed by atoms with E-state index in [1.165, 1.54) is 29.2 Å². The number of nitrogens with zero attached hydrogens (tertiary/aromatic N) is 1. The van der Waals surface area contributed by atoms with Crippen LogP contribution in [0.2, 0.25) is 0 Å². The topological polar surface area (TPSA) is 66.6 Å². The first-order chi connectivity index (χ1) is 9.40. The van der Waals surface area contributed by atoms with Crippen molar-refractivity contribution in [3.8, 4) is 0 Å². The first-order valence-corrected chi connectivity index (χ1v) is 6.51. The Labute approximate surface area is 123 Å². The number of carboxylic acid groups (broad SMARTS) is 1. The molecule has 2 aromatic carbocycles. The van der Waals surface area contributed by atoms with Crippen LogP contribution in [0.3, 0.4) is 0 Å². The average molecular weight is 339 g/mol. The van der Waals surface area contributed by atoms with Gasteiger partial charge in [-0.3, -0.25) is 0 Å². The summed E-state index contributed by atoms with van der Waals surface area (Å²) in [6.45, 7) is 0. The largest absolute Gasteiger partial charge is 0.478 e. The van der Waals surface area contributed by atoms with Gasteiger partial charge in [0, 0.05) is 11.5 Å². The maximum absolute atomic E-state index is 13.9. The predicted molar refractivity (Wildman–Crippen MR) is 80.0 cm³/mol. The lowest BCUT2D eigenvalue weighted by atomic mass is 10.1. The van der Waals surface area contributed by atoms with E-state index in [2.05, 4.69) is 15.9 Å². The Morgan fingerprint density at radius 1 is 1.25 bits per heavy atom. The van der Waals surface area contributed by atoms with Gasteiger partial charge in [-0.05, 0) is 36.4 Å². The Morgan fingerprint density at radius 3 is 2.60 bits per heavy atom. The molecule has 2 aromatic rings. The zero-order valence-electron chi connectivity index (χ0n) is 10.6. The van der Waals surface area contributed by atoms with Crippen LogP contribution in [0.5, 0.6) is 0 Å². The number of carbonyl (C=O) groups is 1.